The minimum Gasteiger partial charge on any atom is -0.340 e. The average molecular weight is 341 g/mol. The maximum absolute atomic E-state index is 13.0. The Kier molecular flexibility index (Phi) is 4.28. The van der Waals surface area contributed by atoms with E-state index in [0.29, 0.717) is 25.0 Å². The lowest BCUT2D eigenvalue weighted by atomic mass is 10.0. The van der Waals surface area contributed by atoms with Gasteiger partial charge in [0.05, 0.1) is 0 Å². The molecular weight excluding hydrogens is 314 g/mol. The molecule has 0 spiro atoms. The first-order valence-corrected chi connectivity index (χ1v) is 9.46. The largest absolute Gasteiger partial charge is 0.340 e. The Bertz CT molecular complexity index is 682. The number of aryl methyl sites for hydroxylation is 2. The Balaban J connectivity index is 1.48. The van der Waals surface area contributed by atoms with E-state index in [2.05, 4.69) is 11.4 Å². The predicted molar refractivity (Wildman–Crippen MR) is 97.5 cm³/mol. The van der Waals surface area contributed by atoms with Gasteiger partial charge >= 0.3 is 0 Å². The van der Waals surface area contributed by atoms with Crippen molar-refractivity contribution in [1.82, 2.24) is 10.2 Å². The van der Waals surface area contributed by atoms with E-state index in [-0.39, 0.29) is 11.8 Å². The summed E-state index contributed by atoms with van der Waals surface area (Å²) in [5, 5.41) is 3.60. The summed E-state index contributed by atoms with van der Waals surface area (Å²) in [4.78, 5) is 29.7. The van der Waals surface area contributed by atoms with Crippen LogP contribution in [0.4, 0.5) is 5.69 Å². The summed E-state index contributed by atoms with van der Waals surface area (Å²) in [6.45, 7) is 6.25. The van der Waals surface area contributed by atoms with Crippen LogP contribution in [0.3, 0.4) is 0 Å². The highest BCUT2D eigenvalue weighted by molar-refractivity contribution is 6.09. The smallest absolute Gasteiger partial charge is 0.239 e. The number of rotatable bonds is 2. The van der Waals surface area contributed by atoms with Gasteiger partial charge in [-0.1, -0.05) is 6.07 Å². The lowest BCUT2D eigenvalue weighted by Crippen LogP contribution is -2.44. The van der Waals surface area contributed by atoms with Crippen molar-refractivity contribution in [2.24, 2.45) is 5.92 Å². The van der Waals surface area contributed by atoms with Gasteiger partial charge < -0.3 is 15.1 Å². The molecule has 3 aliphatic heterocycles. The average Bonchev–Trinajstić information content (AvgIpc) is 3.08. The second kappa shape index (κ2) is 6.45. The predicted octanol–water partition coefficient (Wildman–Crippen LogP) is 2.01. The second-order valence-corrected chi connectivity index (χ2v) is 7.89. The van der Waals surface area contributed by atoms with E-state index in [1.54, 1.807) is 4.90 Å². The van der Waals surface area contributed by atoms with Crippen LogP contribution in [0.25, 0.3) is 0 Å². The molecule has 1 aromatic carbocycles. The molecule has 1 N–H and O–H groups in total. The van der Waals surface area contributed by atoms with Gasteiger partial charge in [0.15, 0.2) is 0 Å². The topological polar surface area (TPSA) is 52.7 Å². The molecule has 3 heterocycles. The quantitative estimate of drug-likeness (QED) is 0.837. The number of likely N-dealkylation sites (tertiary alicyclic amines) is 1. The Hall–Kier alpha value is -1.88. The zero-order chi connectivity index (χ0) is 17.6. The van der Waals surface area contributed by atoms with Crippen LogP contribution >= 0.6 is 0 Å². The number of carbonyl (C=O) groups is 2. The van der Waals surface area contributed by atoms with Crippen molar-refractivity contribution >= 4 is 17.5 Å². The van der Waals surface area contributed by atoms with Crippen LogP contribution in [-0.4, -0.2) is 48.4 Å². The number of nitrogens with zero attached hydrogens (tertiary/aromatic N) is 2. The van der Waals surface area contributed by atoms with Crippen LogP contribution in [0.1, 0.15) is 36.8 Å². The van der Waals surface area contributed by atoms with Gasteiger partial charge in [0.2, 0.25) is 11.8 Å². The maximum atomic E-state index is 13.0. The van der Waals surface area contributed by atoms with E-state index in [1.807, 2.05) is 30.9 Å². The number of hydrogen-bond donors (Lipinski definition) is 1. The number of hydrogen-bond acceptors (Lipinski definition) is 3. The fourth-order valence-corrected chi connectivity index (χ4v) is 4.64. The van der Waals surface area contributed by atoms with Gasteiger partial charge in [-0.15, -0.1) is 0 Å². The SMILES string of the molecule is Cc1cc(C)cc(N2CCC(C(=O)N3CCC4CCC(C3)N4)C2=O)c1. The van der Waals surface area contributed by atoms with Gasteiger partial charge in [-0.25, -0.2) is 0 Å². The van der Waals surface area contributed by atoms with Gasteiger partial charge in [-0.05, 0) is 62.8 Å². The van der Waals surface area contributed by atoms with Crippen LogP contribution in [0.2, 0.25) is 0 Å². The Morgan fingerprint density at radius 3 is 2.48 bits per heavy atom. The van der Waals surface area contributed by atoms with E-state index in [4.69, 9.17) is 0 Å². The van der Waals surface area contributed by atoms with Crippen LogP contribution in [0.15, 0.2) is 18.2 Å². The first-order chi connectivity index (χ1) is 12.0. The molecule has 5 heteroatoms. The molecule has 3 fully saturated rings. The fourth-order valence-electron chi connectivity index (χ4n) is 4.64. The Morgan fingerprint density at radius 1 is 1.00 bits per heavy atom. The Labute approximate surface area is 149 Å². The highest BCUT2D eigenvalue weighted by atomic mass is 16.2. The van der Waals surface area contributed by atoms with Gasteiger partial charge in [0.1, 0.15) is 5.92 Å². The molecule has 0 aliphatic carbocycles. The van der Waals surface area contributed by atoms with Crippen LogP contribution in [0.5, 0.6) is 0 Å². The van der Waals surface area contributed by atoms with E-state index < -0.39 is 5.92 Å². The molecule has 1 aromatic rings. The standard InChI is InChI=1S/C20H27N3O2/c1-13-9-14(2)11-17(10-13)23-8-6-18(20(23)25)19(24)22-7-5-15-3-4-16(12-22)21-15/h9-11,15-16,18,21H,3-8,12H2,1-2H3. The molecule has 0 saturated carbocycles. The number of carbonyl (C=O) groups excluding carboxylic acids is 2. The maximum Gasteiger partial charge on any atom is 0.239 e. The summed E-state index contributed by atoms with van der Waals surface area (Å²) in [7, 11) is 0. The third-order valence-corrected chi connectivity index (χ3v) is 5.86. The molecule has 0 aromatic heterocycles. The van der Waals surface area contributed by atoms with Gasteiger partial charge in [0.25, 0.3) is 0 Å². The molecule has 3 saturated heterocycles. The summed E-state index contributed by atoms with van der Waals surface area (Å²) in [5.41, 5.74) is 3.22. The van der Waals surface area contributed by atoms with E-state index in [9.17, 15) is 9.59 Å². The summed E-state index contributed by atoms with van der Waals surface area (Å²) in [6, 6.07) is 7.13. The number of amides is 2. The minimum atomic E-state index is -0.502. The zero-order valence-corrected chi connectivity index (χ0v) is 15.1. The molecule has 5 nitrogen and oxygen atoms in total. The van der Waals surface area contributed by atoms with Crippen molar-refractivity contribution in [2.45, 2.75) is 51.6 Å². The third kappa shape index (κ3) is 3.17. The molecule has 134 valence electrons. The highest BCUT2D eigenvalue weighted by Crippen LogP contribution is 2.29. The van der Waals surface area contributed by atoms with Crippen LogP contribution in [0, 0.1) is 19.8 Å². The van der Waals surface area contributed by atoms with Crippen molar-refractivity contribution in [3.63, 3.8) is 0 Å². The number of fused-ring (bicyclic) bond motifs is 2. The first-order valence-electron chi connectivity index (χ1n) is 9.46. The van der Waals surface area contributed by atoms with E-state index in [1.165, 1.54) is 6.42 Å². The van der Waals surface area contributed by atoms with Crippen molar-refractivity contribution < 1.29 is 9.59 Å². The lowest BCUT2D eigenvalue weighted by Gasteiger charge is -2.26. The summed E-state index contributed by atoms with van der Waals surface area (Å²) in [5.74, 6) is -0.499. The molecule has 2 amide bonds. The Morgan fingerprint density at radius 2 is 1.72 bits per heavy atom. The van der Waals surface area contributed by atoms with E-state index in [0.717, 1.165) is 42.7 Å². The second-order valence-electron chi connectivity index (χ2n) is 7.89. The molecule has 2 bridgehead atoms. The number of anilines is 1. The van der Waals surface area contributed by atoms with E-state index >= 15 is 0 Å². The van der Waals surface area contributed by atoms with Crippen LogP contribution < -0.4 is 10.2 Å². The van der Waals surface area contributed by atoms with Crippen molar-refractivity contribution in [3.8, 4) is 0 Å². The van der Waals surface area contributed by atoms with Crippen molar-refractivity contribution in [1.29, 1.82) is 0 Å². The summed E-state index contributed by atoms with van der Waals surface area (Å²) < 4.78 is 0. The molecule has 4 rings (SSSR count). The molecule has 0 radical (unpaired) electrons. The van der Waals surface area contributed by atoms with Crippen LogP contribution in [-0.2, 0) is 9.59 Å². The van der Waals surface area contributed by atoms with Crippen molar-refractivity contribution in [2.75, 3.05) is 24.5 Å². The molecule has 3 unspecified atom stereocenters. The fraction of sp³-hybridized carbons (Fsp3) is 0.600. The number of benzene rings is 1. The summed E-state index contributed by atoms with van der Waals surface area (Å²) >= 11 is 0. The normalized spacial score (nSPS) is 29.2. The molecule has 3 aliphatic rings. The van der Waals surface area contributed by atoms with Gasteiger partial charge in [-0.2, -0.15) is 0 Å². The van der Waals surface area contributed by atoms with Crippen molar-refractivity contribution in [3.05, 3.63) is 29.3 Å². The van der Waals surface area contributed by atoms with Gasteiger partial charge in [-0.3, -0.25) is 9.59 Å². The monoisotopic (exact) mass is 341 g/mol. The minimum absolute atomic E-state index is 0.0302. The zero-order valence-electron chi connectivity index (χ0n) is 15.1. The molecule has 3 atom stereocenters. The number of nitrogens with one attached hydrogen (secondary N) is 1. The molecular formula is C20H27N3O2. The molecule has 25 heavy (non-hydrogen) atoms. The third-order valence-electron chi connectivity index (χ3n) is 5.86. The van der Waals surface area contributed by atoms with Gasteiger partial charge in [0, 0.05) is 37.4 Å². The first kappa shape index (κ1) is 16.6. The summed E-state index contributed by atoms with van der Waals surface area (Å²) in [6.07, 6.45) is 3.99. The lowest BCUT2D eigenvalue weighted by molar-refractivity contribution is -0.140. The highest BCUT2D eigenvalue weighted by Gasteiger charge is 2.41.